The van der Waals surface area contributed by atoms with Gasteiger partial charge in [0.15, 0.2) is 0 Å². The summed E-state index contributed by atoms with van der Waals surface area (Å²) in [7, 11) is 0. The molecule has 0 aliphatic rings. The molecular weight excluding hydrogens is 350 g/mol. The molecule has 0 radical (unpaired) electrons. The summed E-state index contributed by atoms with van der Waals surface area (Å²) < 4.78 is 6.88. The number of anilines is 1. The van der Waals surface area contributed by atoms with Crippen LogP contribution in [0.15, 0.2) is 55.1 Å². The standard InChI is InChI=1S/C18H17N5O4/c1-2-9-27-17-6-4-3-5-14(17)21-18(24)13-7-8-15(16(10-13)23(25)26)22-12-19-11-20-22/h3-8,10-12H,2,9H2,1H3,(H,21,24). The van der Waals surface area contributed by atoms with E-state index in [0.29, 0.717) is 18.0 Å². The van der Waals surface area contributed by atoms with Crippen molar-refractivity contribution in [3.8, 4) is 11.4 Å². The van der Waals surface area contributed by atoms with Crippen molar-refractivity contribution >= 4 is 17.3 Å². The summed E-state index contributed by atoms with van der Waals surface area (Å²) in [5, 5.41) is 18.0. The van der Waals surface area contributed by atoms with Gasteiger partial charge in [-0.05, 0) is 30.7 Å². The first-order valence-electron chi connectivity index (χ1n) is 8.26. The number of hydrogen-bond donors (Lipinski definition) is 1. The molecule has 0 aliphatic carbocycles. The zero-order chi connectivity index (χ0) is 19.2. The van der Waals surface area contributed by atoms with Gasteiger partial charge in [0, 0.05) is 11.6 Å². The Balaban J connectivity index is 1.88. The maximum Gasteiger partial charge on any atom is 0.295 e. The lowest BCUT2D eigenvalue weighted by atomic mass is 10.1. The summed E-state index contributed by atoms with van der Waals surface area (Å²) in [4.78, 5) is 27.2. The highest BCUT2D eigenvalue weighted by Crippen LogP contribution is 2.27. The Kier molecular flexibility index (Phi) is 5.41. The van der Waals surface area contributed by atoms with Crippen LogP contribution in [0.5, 0.6) is 5.75 Å². The number of benzene rings is 2. The summed E-state index contributed by atoms with van der Waals surface area (Å²) in [5.41, 5.74) is 0.624. The summed E-state index contributed by atoms with van der Waals surface area (Å²) in [6.07, 6.45) is 3.46. The van der Waals surface area contributed by atoms with E-state index in [4.69, 9.17) is 4.74 Å². The summed E-state index contributed by atoms with van der Waals surface area (Å²) in [5.74, 6) is 0.0669. The fraction of sp³-hybridized carbons (Fsp3) is 0.167. The molecule has 138 valence electrons. The van der Waals surface area contributed by atoms with Crippen LogP contribution >= 0.6 is 0 Å². The van der Waals surface area contributed by atoms with Crippen LogP contribution in [0.1, 0.15) is 23.7 Å². The third kappa shape index (κ3) is 4.09. The number of rotatable bonds is 7. The van der Waals surface area contributed by atoms with Crippen molar-refractivity contribution in [3.05, 3.63) is 70.8 Å². The van der Waals surface area contributed by atoms with Crippen molar-refractivity contribution in [1.82, 2.24) is 14.8 Å². The molecule has 3 rings (SSSR count). The van der Waals surface area contributed by atoms with E-state index in [0.717, 1.165) is 6.42 Å². The summed E-state index contributed by atoms with van der Waals surface area (Å²) in [6, 6.07) is 11.2. The molecule has 1 N–H and O–H groups in total. The number of carbonyl (C=O) groups is 1. The number of hydrogen-bond acceptors (Lipinski definition) is 6. The number of nitro groups is 1. The highest BCUT2D eigenvalue weighted by Gasteiger charge is 2.20. The number of para-hydroxylation sites is 2. The number of nitrogens with zero attached hydrogens (tertiary/aromatic N) is 4. The molecule has 9 heteroatoms. The Bertz CT molecular complexity index is 956. The number of aromatic nitrogens is 3. The van der Waals surface area contributed by atoms with Crippen LogP contribution in [0.2, 0.25) is 0 Å². The van der Waals surface area contributed by atoms with E-state index in [2.05, 4.69) is 15.4 Å². The normalized spacial score (nSPS) is 10.4. The van der Waals surface area contributed by atoms with Gasteiger partial charge in [0.2, 0.25) is 0 Å². The average Bonchev–Trinajstić information content (AvgIpc) is 3.21. The van der Waals surface area contributed by atoms with Crippen molar-refractivity contribution < 1.29 is 14.5 Å². The predicted octanol–water partition coefficient (Wildman–Crippen LogP) is 3.22. The van der Waals surface area contributed by atoms with Crippen LogP contribution < -0.4 is 10.1 Å². The molecule has 1 aromatic heterocycles. The first-order valence-corrected chi connectivity index (χ1v) is 8.26. The second-order valence-electron chi connectivity index (χ2n) is 5.60. The molecular formula is C18H17N5O4. The van der Waals surface area contributed by atoms with Gasteiger partial charge in [-0.15, -0.1) is 0 Å². The lowest BCUT2D eigenvalue weighted by Gasteiger charge is -2.12. The maximum absolute atomic E-state index is 12.6. The minimum atomic E-state index is -0.563. The molecule has 0 aliphatic heterocycles. The summed E-state index contributed by atoms with van der Waals surface area (Å²) in [6.45, 7) is 2.50. The highest BCUT2D eigenvalue weighted by atomic mass is 16.6. The molecule has 27 heavy (non-hydrogen) atoms. The number of nitro benzene ring substituents is 1. The molecule has 0 spiro atoms. The Morgan fingerprint density at radius 1 is 1.30 bits per heavy atom. The Labute approximate surface area is 154 Å². The third-order valence-corrected chi connectivity index (χ3v) is 3.70. The number of carbonyl (C=O) groups excluding carboxylic acids is 1. The lowest BCUT2D eigenvalue weighted by molar-refractivity contribution is -0.384. The van der Waals surface area contributed by atoms with Gasteiger partial charge in [-0.2, -0.15) is 5.10 Å². The molecule has 0 fully saturated rings. The van der Waals surface area contributed by atoms with Gasteiger partial charge in [0.25, 0.3) is 11.6 Å². The first-order chi connectivity index (χ1) is 13.1. The topological polar surface area (TPSA) is 112 Å². The van der Waals surface area contributed by atoms with Gasteiger partial charge in [-0.3, -0.25) is 14.9 Å². The summed E-state index contributed by atoms with van der Waals surface area (Å²) >= 11 is 0. The van der Waals surface area contributed by atoms with Crippen LogP contribution in [0.3, 0.4) is 0 Å². The second-order valence-corrected chi connectivity index (χ2v) is 5.60. The van der Waals surface area contributed by atoms with E-state index in [1.807, 2.05) is 6.92 Å². The largest absolute Gasteiger partial charge is 0.491 e. The Morgan fingerprint density at radius 3 is 2.81 bits per heavy atom. The van der Waals surface area contributed by atoms with E-state index in [1.165, 1.54) is 35.5 Å². The molecule has 1 heterocycles. The molecule has 0 saturated heterocycles. The van der Waals surface area contributed by atoms with Gasteiger partial charge in [0.1, 0.15) is 24.1 Å². The Morgan fingerprint density at radius 2 is 2.11 bits per heavy atom. The van der Waals surface area contributed by atoms with Crippen molar-refractivity contribution in [2.24, 2.45) is 0 Å². The molecule has 0 unspecified atom stereocenters. The van der Waals surface area contributed by atoms with Crippen LogP contribution in [0.25, 0.3) is 5.69 Å². The van der Waals surface area contributed by atoms with Gasteiger partial charge in [-0.25, -0.2) is 9.67 Å². The average molecular weight is 367 g/mol. The van der Waals surface area contributed by atoms with Crippen molar-refractivity contribution in [2.75, 3.05) is 11.9 Å². The second kappa shape index (κ2) is 8.09. The van der Waals surface area contributed by atoms with Gasteiger partial charge >= 0.3 is 0 Å². The number of ether oxygens (including phenoxy) is 1. The van der Waals surface area contributed by atoms with Gasteiger partial charge in [-0.1, -0.05) is 19.1 Å². The fourth-order valence-corrected chi connectivity index (χ4v) is 2.44. The molecule has 0 atom stereocenters. The third-order valence-electron chi connectivity index (χ3n) is 3.70. The van der Waals surface area contributed by atoms with Crippen molar-refractivity contribution in [3.63, 3.8) is 0 Å². The number of amides is 1. The van der Waals surface area contributed by atoms with E-state index in [-0.39, 0.29) is 16.9 Å². The predicted molar refractivity (Wildman–Crippen MR) is 98.2 cm³/mol. The highest BCUT2D eigenvalue weighted by molar-refractivity contribution is 6.05. The van der Waals surface area contributed by atoms with Crippen LogP contribution in [0.4, 0.5) is 11.4 Å². The Hall–Kier alpha value is -3.75. The minimum absolute atomic E-state index is 0.149. The zero-order valence-corrected chi connectivity index (χ0v) is 14.5. The molecule has 0 bridgehead atoms. The smallest absolute Gasteiger partial charge is 0.295 e. The number of nitrogens with one attached hydrogen (secondary N) is 1. The van der Waals surface area contributed by atoms with Crippen LogP contribution in [-0.4, -0.2) is 32.2 Å². The quantitative estimate of drug-likeness (QED) is 0.507. The fourth-order valence-electron chi connectivity index (χ4n) is 2.44. The SMILES string of the molecule is CCCOc1ccccc1NC(=O)c1ccc(-n2cncn2)c([N+](=O)[O-])c1. The van der Waals surface area contributed by atoms with Crippen molar-refractivity contribution in [1.29, 1.82) is 0 Å². The molecule has 3 aromatic rings. The minimum Gasteiger partial charge on any atom is -0.491 e. The monoisotopic (exact) mass is 367 g/mol. The molecule has 2 aromatic carbocycles. The van der Waals surface area contributed by atoms with E-state index in [1.54, 1.807) is 24.3 Å². The molecule has 0 saturated carbocycles. The first kappa shape index (κ1) is 18.1. The molecule has 1 amide bonds. The van der Waals surface area contributed by atoms with E-state index in [9.17, 15) is 14.9 Å². The lowest BCUT2D eigenvalue weighted by Crippen LogP contribution is -2.14. The van der Waals surface area contributed by atoms with E-state index >= 15 is 0 Å². The molecule has 9 nitrogen and oxygen atoms in total. The van der Waals surface area contributed by atoms with Gasteiger partial charge < -0.3 is 10.1 Å². The zero-order valence-electron chi connectivity index (χ0n) is 14.5. The van der Waals surface area contributed by atoms with Gasteiger partial charge in [0.05, 0.1) is 17.2 Å². The van der Waals surface area contributed by atoms with E-state index < -0.39 is 10.8 Å². The van der Waals surface area contributed by atoms with Crippen molar-refractivity contribution in [2.45, 2.75) is 13.3 Å². The maximum atomic E-state index is 12.6. The van der Waals surface area contributed by atoms with Crippen LogP contribution in [0, 0.1) is 10.1 Å². The van der Waals surface area contributed by atoms with Crippen LogP contribution in [-0.2, 0) is 0 Å².